The van der Waals surface area contributed by atoms with Gasteiger partial charge in [-0.3, -0.25) is 0 Å². The Kier molecular flexibility index (Phi) is 2.54. The van der Waals surface area contributed by atoms with Crippen LogP contribution in [0.3, 0.4) is 0 Å². The Morgan fingerprint density at radius 1 is 1.47 bits per heavy atom. The van der Waals surface area contributed by atoms with E-state index in [1.165, 1.54) is 12.8 Å². The standard InChI is InChI=1S/C11H19N3O/c1-11(2,3)10-13-9(15-14-10)6-8(12)7-4-5-7/h7-8H,4-6,12H2,1-3H3. The van der Waals surface area contributed by atoms with Crippen molar-refractivity contribution in [3.8, 4) is 0 Å². The summed E-state index contributed by atoms with van der Waals surface area (Å²) in [6.07, 6.45) is 3.22. The van der Waals surface area contributed by atoms with Crippen molar-refractivity contribution in [1.29, 1.82) is 0 Å². The third-order valence-corrected chi connectivity index (χ3v) is 2.78. The van der Waals surface area contributed by atoms with Gasteiger partial charge < -0.3 is 10.3 Å². The normalized spacial score (nSPS) is 19.2. The van der Waals surface area contributed by atoms with E-state index in [1.807, 2.05) is 0 Å². The van der Waals surface area contributed by atoms with Gasteiger partial charge in [-0.25, -0.2) is 0 Å². The Morgan fingerprint density at radius 2 is 2.13 bits per heavy atom. The van der Waals surface area contributed by atoms with E-state index in [-0.39, 0.29) is 11.5 Å². The minimum atomic E-state index is -0.0502. The summed E-state index contributed by atoms with van der Waals surface area (Å²) in [5, 5.41) is 3.98. The van der Waals surface area contributed by atoms with Crippen molar-refractivity contribution in [3.05, 3.63) is 11.7 Å². The van der Waals surface area contributed by atoms with E-state index < -0.39 is 0 Å². The molecule has 0 bridgehead atoms. The number of aromatic nitrogens is 2. The summed E-state index contributed by atoms with van der Waals surface area (Å²) in [4.78, 5) is 4.37. The summed E-state index contributed by atoms with van der Waals surface area (Å²) in [7, 11) is 0. The molecule has 0 radical (unpaired) electrons. The molecule has 2 rings (SSSR count). The van der Waals surface area contributed by atoms with E-state index in [0.717, 1.165) is 5.82 Å². The van der Waals surface area contributed by atoms with Crippen molar-refractivity contribution in [3.63, 3.8) is 0 Å². The highest BCUT2D eigenvalue weighted by atomic mass is 16.5. The van der Waals surface area contributed by atoms with Crippen LogP contribution >= 0.6 is 0 Å². The van der Waals surface area contributed by atoms with E-state index in [4.69, 9.17) is 10.3 Å². The van der Waals surface area contributed by atoms with Crippen LogP contribution in [0.4, 0.5) is 0 Å². The SMILES string of the molecule is CC(C)(C)c1noc(CC(N)C2CC2)n1. The first-order chi connectivity index (χ1) is 6.97. The molecule has 0 saturated heterocycles. The van der Waals surface area contributed by atoms with E-state index in [1.54, 1.807) is 0 Å². The molecule has 1 aromatic heterocycles. The van der Waals surface area contributed by atoms with Gasteiger partial charge in [-0.15, -0.1) is 0 Å². The van der Waals surface area contributed by atoms with E-state index in [9.17, 15) is 0 Å². The molecule has 1 aliphatic rings. The lowest BCUT2D eigenvalue weighted by Gasteiger charge is -2.11. The van der Waals surface area contributed by atoms with E-state index in [2.05, 4.69) is 30.9 Å². The molecule has 0 spiro atoms. The maximum absolute atomic E-state index is 6.00. The summed E-state index contributed by atoms with van der Waals surface area (Å²) in [6, 6.07) is 0.193. The second kappa shape index (κ2) is 3.59. The van der Waals surface area contributed by atoms with Gasteiger partial charge in [0.2, 0.25) is 5.89 Å². The van der Waals surface area contributed by atoms with Crippen molar-refractivity contribution in [2.24, 2.45) is 11.7 Å². The predicted octanol–water partition coefficient (Wildman–Crippen LogP) is 1.65. The van der Waals surface area contributed by atoms with Gasteiger partial charge in [-0.2, -0.15) is 4.98 Å². The molecule has 4 nitrogen and oxygen atoms in total. The Bertz CT molecular complexity index is 336. The molecule has 0 aromatic carbocycles. The predicted molar refractivity (Wildman–Crippen MR) is 57.4 cm³/mol. The second-order valence-corrected chi connectivity index (χ2v) is 5.47. The summed E-state index contributed by atoms with van der Waals surface area (Å²) in [6.45, 7) is 6.22. The maximum Gasteiger partial charge on any atom is 0.228 e. The van der Waals surface area contributed by atoms with Gasteiger partial charge in [-0.1, -0.05) is 25.9 Å². The Morgan fingerprint density at radius 3 is 2.60 bits per heavy atom. The van der Waals surface area contributed by atoms with Gasteiger partial charge >= 0.3 is 0 Å². The summed E-state index contributed by atoms with van der Waals surface area (Å²) in [5.41, 5.74) is 5.95. The molecule has 1 aromatic rings. The van der Waals surface area contributed by atoms with Gasteiger partial charge in [-0.05, 0) is 18.8 Å². The van der Waals surface area contributed by atoms with Crippen molar-refractivity contribution in [2.45, 2.75) is 51.5 Å². The van der Waals surface area contributed by atoms with Crippen LogP contribution in [-0.2, 0) is 11.8 Å². The molecular weight excluding hydrogens is 190 g/mol. The molecule has 1 aliphatic carbocycles. The number of hydrogen-bond acceptors (Lipinski definition) is 4. The van der Waals surface area contributed by atoms with Gasteiger partial charge in [0, 0.05) is 17.9 Å². The average molecular weight is 209 g/mol. The lowest BCUT2D eigenvalue weighted by atomic mass is 9.96. The van der Waals surface area contributed by atoms with E-state index in [0.29, 0.717) is 18.2 Å². The summed E-state index contributed by atoms with van der Waals surface area (Å²) >= 11 is 0. The molecule has 15 heavy (non-hydrogen) atoms. The van der Waals surface area contributed by atoms with Crippen LogP contribution in [-0.4, -0.2) is 16.2 Å². The molecule has 0 amide bonds. The first-order valence-corrected chi connectivity index (χ1v) is 5.55. The molecular formula is C11H19N3O. The molecule has 1 heterocycles. The lowest BCUT2D eigenvalue weighted by Crippen LogP contribution is -2.25. The monoisotopic (exact) mass is 209 g/mol. The number of rotatable bonds is 3. The molecule has 4 heteroatoms. The summed E-state index contributed by atoms with van der Waals surface area (Å²) in [5.74, 6) is 2.12. The van der Waals surface area contributed by atoms with Crippen LogP contribution in [0.15, 0.2) is 4.52 Å². The lowest BCUT2D eigenvalue weighted by molar-refractivity contribution is 0.351. The van der Waals surface area contributed by atoms with Crippen LogP contribution in [0.2, 0.25) is 0 Å². The van der Waals surface area contributed by atoms with Crippen LogP contribution in [0, 0.1) is 5.92 Å². The van der Waals surface area contributed by atoms with Crippen molar-refractivity contribution in [2.75, 3.05) is 0 Å². The highest BCUT2D eigenvalue weighted by Gasteiger charge is 2.30. The average Bonchev–Trinajstić information content (AvgIpc) is 2.86. The third-order valence-electron chi connectivity index (χ3n) is 2.78. The number of nitrogens with zero attached hydrogens (tertiary/aromatic N) is 2. The minimum Gasteiger partial charge on any atom is -0.339 e. The first-order valence-electron chi connectivity index (χ1n) is 5.55. The smallest absolute Gasteiger partial charge is 0.228 e. The molecule has 1 fully saturated rings. The highest BCUT2D eigenvalue weighted by molar-refractivity contribution is 5.01. The van der Waals surface area contributed by atoms with Crippen molar-refractivity contribution < 1.29 is 4.52 Å². The fraction of sp³-hybridized carbons (Fsp3) is 0.818. The fourth-order valence-corrected chi connectivity index (χ4v) is 1.54. The van der Waals surface area contributed by atoms with E-state index >= 15 is 0 Å². The molecule has 84 valence electrons. The zero-order chi connectivity index (χ0) is 11.1. The van der Waals surface area contributed by atoms with Gasteiger partial charge in [0.25, 0.3) is 0 Å². The minimum absolute atomic E-state index is 0.0502. The first kappa shape index (κ1) is 10.6. The second-order valence-electron chi connectivity index (χ2n) is 5.47. The quantitative estimate of drug-likeness (QED) is 0.822. The van der Waals surface area contributed by atoms with Gasteiger partial charge in [0.05, 0.1) is 0 Å². The zero-order valence-electron chi connectivity index (χ0n) is 9.66. The highest BCUT2D eigenvalue weighted by Crippen LogP contribution is 2.32. The van der Waals surface area contributed by atoms with Crippen LogP contribution in [0.1, 0.15) is 45.3 Å². The van der Waals surface area contributed by atoms with Crippen LogP contribution in [0.25, 0.3) is 0 Å². The van der Waals surface area contributed by atoms with Gasteiger partial charge in [0.1, 0.15) is 0 Å². The topological polar surface area (TPSA) is 64.9 Å². The third kappa shape index (κ3) is 2.56. The number of hydrogen-bond donors (Lipinski definition) is 1. The van der Waals surface area contributed by atoms with Crippen molar-refractivity contribution in [1.82, 2.24) is 10.1 Å². The summed E-state index contributed by atoms with van der Waals surface area (Å²) < 4.78 is 5.20. The molecule has 1 saturated carbocycles. The van der Waals surface area contributed by atoms with Crippen LogP contribution in [0.5, 0.6) is 0 Å². The molecule has 2 N–H and O–H groups in total. The Hall–Kier alpha value is -0.900. The molecule has 1 unspecified atom stereocenters. The molecule has 1 atom stereocenters. The zero-order valence-corrected chi connectivity index (χ0v) is 9.66. The number of nitrogens with two attached hydrogens (primary N) is 1. The fourth-order valence-electron chi connectivity index (χ4n) is 1.54. The molecule has 0 aliphatic heterocycles. The van der Waals surface area contributed by atoms with Gasteiger partial charge in [0.15, 0.2) is 5.82 Å². The van der Waals surface area contributed by atoms with Crippen LogP contribution < -0.4 is 5.73 Å². The van der Waals surface area contributed by atoms with Crippen molar-refractivity contribution >= 4 is 0 Å². The Balaban J connectivity index is 2.00. The Labute approximate surface area is 90.2 Å². The largest absolute Gasteiger partial charge is 0.339 e. The maximum atomic E-state index is 6.00.